The Balaban J connectivity index is 2.43. The number of rotatable bonds is 10. The summed E-state index contributed by atoms with van der Waals surface area (Å²) in [5.74, 6) is -5.16. The van der Waals surface area contributed by atoms with Crippen LogP contribution in [0.25, 0.3) is 0 Å². The number of aliphatic hydroxyl groups excluding tert-OH is 1. The van der Waals surface area contributed by atoms with E-state index in [2.05, 4.69) is 20.6 Å². The third kappa shape index (κ3) is 6.43. The van der Waals surface area contributed by atoms with Gasteiger partial charge in [0.1, 0.15) is 5.82 Å². The van der Waals surface area contributed by atoms with E-state index in [-0.39, 0.29) is 12.3 Å². The minimum Gasteiger partial charge on any atom is -0.394 e. The van der Waals surface area contributed by atoms with Gasteiger partial charge in [-0.05, 0) is 30.7 Å². The van der Waals surface area contributed by atoms with Crippen molar-refractivity contribution in [1.82, 2.24) is 10.8 Å². The number of aryl methyl sites for hydroxylation is 1. The summed E-state index contributed by atoms with van der Waals surface area (Å²) in [4.78, 5) is 33.0. The molecule has 2 aromatic carbocycles. The number of oxime groups is 1. The van der Waals surface area contributed by atoms with Crippen molar-refractivity contribution in [1.29, 1.82) is 0 Å². The number of halogens is 3. The van der Waals surface area contributed by atoms with Crippen LogP contribution in [-0.2, 0) is 14.5 Å². The maximum absolute atomic E-state index is 14.9. The van der Waals surface area contributed by atoms with Gasteiger partial charge in [0.05, 0.1) is 36.4 Å². The zero-order valence-electron chi connectivity index (χ0n) is 17.2. The van der Waals surface area contributed by atoms with E-state index in [1.807, 2.05) is 5.48 Å². The minimum absolute atomic E-state index is 0.199. The molecule has 172 valence electrons. The Hall–Kier alpha value is -3.64. The van der Waals surface area contributed by atoms with Gasteiger partial charge >= 0.3 is 0 Å². The number of carbonyl (C=O) groups is 2. The van der Waals surface area contributed by atoms with E-state index in [1.54, 1.807) is 6.92 Å². The fourth-order valence-corrected chi connectivity index (χ4v) is 2.38. The molecule has 0 spiro atoms. The number of hydroxylamine groups is 1. The molecule has 0 heterocycles. The first kappa shape index (κ1) is 24.6. The standard InChI is InChI=1S/C20H21F3N4O5/c1-11-3-4-15(14(21)7-11)26-19-13(20(30)27-31-6-5-28)8-12(17(22)18(19)23)9-25-32-10-16(29)24-2/h3-4,7-9,26,28H,5-6,10H2,1-2H3,(H,24,29)(H,27,30)/b25-9-. The van der Waals surface area contributed by atoms with Crippen molar-refractivity contribution in [3.63, 3.8) is 0 Å². The van der Waals surface area contributed by atoms with Crippen LogP contribution in [-0.4, -0.2) is 50.0 Å². The molecule has 0 atom stereocenters. The Morgan fingerprint density at radius 2 is 1.94 bits per heavy atom. The van der Waals surface area contributed by atoms with Gasteiger partial charge in [0.2, 0.25) is 0 Å². The fourth-order valence-electron chi connectivity index (χ4n) is 2.38. The van der Waals surface area contributed by atoms with Gasteiger partial charge in [-0.25, -0.2) is 18.7 Å². The molecule has 0 radical (unpaired) electrons. The lowest BCUT2D eigenvalue weighted by atomic mass is 10.1. The van der Waals surface area contributed by atoms with Crippen LogP contribution in [0.4, 0.5) is 24.5 Å². The van der Waals surface area contributed by atoms with Crippen molar-refractivity contribution in [2.75, 3.05) is 32.2 Å². The van der Waals surface area contributed by atoms with E-state index >= 15 is 0 Å². The number of benzene rings is 2. The molecular weight excluding hydrogens is 433 g/mol. The van der Waals surface area contributed by atoms with Crippen LogP contribution in [0, 0.1) is 24.4 Å². The van der Waals surface area contributed by atoms with Crippen LogP contribution < -0.4 is 16.1 Å². The lowest BCUT2D eigenvalue weighted by molar-refractivity contribution is -0.125. The van der Waals surface area contributed by atoms with Crippen molar-refractivity contribution >= 4 is 29.4 Å². The first-order chi connectivity index (χ1) is 15.3. The lowest BCUT2D eigenvalue weighted by Gasteiger charge is -2.15. The highest BCUT2D eigenvalue weighted by atomic mass is 19.2. The van der Waals surface area contributed by atoms with Crippen LogP contribution in [0.1, 0.15) is 21.5 Å². The predicted molar refractivity (Wildman–Crippen MR) is 109 cm³/mol. The number of likely N-dealkylation sites (N-methyl/N-ethyl adjacent to an activating group) is 1. The molecule has 0 saturated carbocycles. The summed E-state index contributed by atoms with van der Waals surface area (Å²) in [5, 5.41) is 16.8. The van der Waals surface area contributed by atoms with Gasteiger partial charge in [0.25, 0.3) is 11.8 Å². The summed E-state index contributed by atoms with van der Waals surface area (Å²) >= 11 is 0. The molecular formula is C20H21F3N4O5. The maximum atomic E-state index is 14.9. The Bertz CT molecular complexity index is 1020. The summed E-state index contributed by atoms with van der Waals surface area (Å²) in [7, 11) is 1.37. The molecule has 9 nitrogen and oxygen atoms in total. The van der Waals surface area contributed by atoms with E-state index in [4.69, 9.17) is 9.94 Å². The van der Waals surface area contributed by atoms with Crippen LogP contribution >= 0.6 is 0 Å². The third-order valence-corrected chi connectivity index (χ3v) is 3.96. The summed E-state index contributed by atoms with van der Waals surface area (Å²) < 4.78 is 43.7. The van der Waals surface area contributed by atoms with Crippen molar-refractivity contribution in [2.24, 2.45) is 5.16 Å². The second-order valence-electron chi connectivity index (χ2n) is 6.31. The molecule has 0 unspecified atom stereocenters. The SMILES string of the molecule is CNC(=O)CO/N=C\c1cc(C(=O)NOCCO)c(Nc2ccc(C)cc2F)c(F)c1F. The number of hydrogen-bond acceptors (Lipinski definition) is 7. The normalized spacial score (nSPS) is 10.8. The fraction of sp³-hybridized carbons (Fsp3) is 0.250. The van der Waals surface area contributed by atoms with E-state index in [0.717, 1.165) is 12.3 Å². The maximum Gasteiger partial charge on any atom is 0.277 e. The average molecular weight is 454 g/mol. The summed E-state index contributed by atoms with van der Waals surface area (Å²) in [5.41, 5.74) is 0.771. The molecule has 0 fully saturated rings. The second-order valence-corrected chi connectivity index (χ2v) is 6.31. The molecule has 4 N–H and O–H groups in total. The van der Waals surface area contributed by atoms with Crippen molar-refractivity contribution in [3.05, 3.63) is 58.4 Å². The van der Waals surface area contributed by atoms with Crippen LogP contribution in [0.15, 0.2) is 29.4 Å². The Kier molecular flexibility index (Phi) is 8.98. The highest BCUT2D eigenvalue weighted by molar-refractivity contribution is 6.01. The predicted octanol–water partition coefficient (Wildman–Crippen LogP) is 1.91. The third-order valence-electron chi connectivity index (χ3n) is 3.96. The molecule has 32 heavy (non-hydrogen) atoms. The number of nitrogens with one attached hydrogen (secondary N) is 3. The highest BCUT2D eigenvalue weighted by Crippen LogP contribution is 2.30. The highest BCUT2D eigenvalue weighted by Gasteiger charge is 2.23. The van der Waals surface area contributed by atoms with Crippen LogP contribution in [0.5, 0.6) is 0 Å². The largest absolute Gasteiger partial charge is 0.394 e. The quantitative estimate of drug-likeness (QED) is 0.247. The molecule has 0 aliphatic rings. The van der Waals surface area contributed by atoms with Crippen molar-refractivity contribution < 1.29 is 37.5 Å². The first-order valence-corrected chi connectivity index (χ1v) is 9.22. The number of carbonyl (C=O) groups excluding carboxylic acids is 2. The van der Waals surface area contributed by atoms with Gasteiger partial charge in [0.15, 0.2) is 18.2 Å². The number of amides is 2. The Labute approximate surface area is 181 Å². The zero-order valence-corrected chi connectivity index (χ0v) is 17.2. The van der Waals surface area contributed by atoms with Gasteiger partial charge in [0, 0.05) is 12.6 Å². The van der Waals surface area contributed by atoms with Crippen molar-refractivity contribution in [3.8, 4) is 0 Å². The summed E-state index contributed by atoms with van der Waals surface area (Å²) in [6, 6.07) is 4.94. The Morgan fingerprint density at radius 3 is 2.59 bits per heavy atom. The van der Waals surface area contributed by atoms with E-state index in [0.29, 0.717) is 5.56 Å². The second kappa shape index (κ2) is 11.7. The van der Waals surface area contributed by atoms with E-state index in [1.165, 1.54) is 25.2 Å². The van der Waals surface area contributed by atoms with Crippen molar-refractivity contribution in [2.45, 2.75) is 6.92 Å². The van der Waals surface area contributed by atoms with Gasteiger partial charge in [-0.3, -0.25) is 14.4 Å². The Morgan fingerprint density at radius 1 is 1.19 bits per heavy atom. The van der Waals surface area contributed by atoms with Gasteiger partial charge in [-0.2, -0.15) is 0 Å². The minimum atomic E-state index is -1.49. The first-order valence-electron chi connectivity index (χ1n) is 9.22. The number of hydrogen-bond donors (Lipinski definition) is 4. The average Bonchev–Trinajstić information content (AvgIpc) is 2.77. The van der Waals surface area contributed by atoms with E-state index < -0.39 is 59.3 Å². The molecule has 12 heteroatoms. The number of anilines is 2. The summed E-state index contributed by atoms with van der Waals surface area (Å²) in [6.07, 6.45) is 0.767. The van der Waals surface area contributed by atoms with E-state index in [9.17, 15) is 22.8 Å². The molecule has 0 aromatic heterocycles. The zero-order chi connectivity index (χ0) is 23.7. The van der Waals surface area contributed by atoms with Gasteiger partial charge in [-0.15, -0.1) is 0 Å². The van der Waals surface area contributed by atoms with Gasteiger partial charge < -0.3 is 20.6 Å². The molecule has 2 aromatic rings. The lowest BCUT2D eigenvalue weighted by Crippen LogP contribution is -2.26. The monoisotopic (exact) mass is 454 g/mol. The molecule has 0 aliphatic carbocycles. The molecule has 2 rings (SSSR count). The number of nitrogens with zero attached hydrogens (tertiary/aromatic N) is 1. The number of aliphatic hydroxyl groups is 1. The molecule has 2 amide bonds. The smallest absolute Gasteiger partial charge is 0.277 e. The molecule has 0 bridgehead atoms. The van der Waals surface area contributed by atoms with Crippen LogP contribution in [0.2, 0.25) is 0 Å². The topological polar surface area (TPSA) is 121 Å². The van der Waals surface area contributed by atoms with Gasteiger partial charge in [-0.1, -0.05) is 11.2 Å². The molecule has 0 aliphatic heterocycles. The van der Waals surface area contributed by atoms with Crippen LogP contribution in [0.3, 0.4) is 0 Å². The molecule has 0 saturated heterocycles. The summed E-state index contributed by atoms with van der Waals surface area (Å²) in [6.45, 7) is 0.515.